The Morgan fingerprint density at radius 2 is 1.44 bits per heavy atom. The molecule has 2 aromatic carbocycles. The van der Waals surface area contributed by atoms with Crippen LogP contribution in [0.3, 0.4) is 0 Å². The van der Waals surface area contributed by atoms with E-state index in [0.29, 0.717) is 5.92 Å². The molecule has 1 aromatic heterocycles. The largest absolute Gasteiger partial charge is 0.394 e. The standard InChI is InChI=1S/C30H41NO2S/c1-22(2)28(26-18-19-34-20-26)31(29(5,6)21-32)33-30(7,27-16-12-9-13-17-27)24(4)23(3)25-14-10-8-11-15-25/h8-20,22-24,28,32H,21H2,1-7H3. The third-order valence-electron chi connectivity index (χ3n) is 7.33. The Morgan fingerprint density at radius 1 is 0.853 bits per heavy atom. The van der Waals surface area contributed by atoms with Crippen molar-refractivity contribution in [3.8, 4) is 0 Å². The summed E-state index contributed by atoms with van der Waals surface area (Å²) in [7, 11) is 0. The maximum Gasteiger partial charge on any atom is 0.115 e. The zero-order chi connectivity index (χ0) is 24.9. The van der Waals surface area contributed by atoms with Crippen LogP contribution in [0.15, 0.2) is 77.5 Å². The van der Waals surface area contributed by atoms with Crippen LogP contribution in [0.5, 0.6) is 0 Å². The Kier molecular flexibility index (Phi) is 8.75. The van der Waals surface area contributed by atoms with E-state index >= 15 is 0 Å². The lowest BCUT2D eigenvalue weighted by Crippen LogP contribution is -2.54. The first kappa shape index (κ1) is 26.6. The highest BCUT2D eigenvalue weighted by atomic mass is 32.1. The molecule has 0 radical (unpaired) electrons. The van der Waals surface area contributed by atoms with Crippen LogP contribution in [0, 0.1) is 11.8 Å². The highest BCUT2D eigenvalue weighted by molar-refractivity contribution is 7.07. The maximum atomic E-state index is 10.5. The molecule has 0 aliphatic rings. The molecular formula is C30H41NO2S. The van der Waals surface area contributed by atoms with Crippen molar-refractivity contribution in [1.82, 2.24) is 5.06 Å². The quantitative estimate of drug-likeness (QED) is 0.285. The number of hydroxylamine groups is 2. The molecule has 1 N–H and O–H groups in total. The van der Waals surface area contributed by atoms with Gasteiger partial charge in [0.05, 0.1) is 18.2 Å². The van der Waals surface area contributed by atoms with Gasteiger partial charge in [0.1, 0.15) is 5.60 Å². The highest BCUT2D eigenvalue weighted by Gasteiger charge is 2.45. The van der Waals surface area contributed by atoms with Crippen molar-refractivity contribution in [1.29, 1.82) is 0 Å². The Hall–Kier alpha value is -1.98. The van der Waals surface area contributed by atoms with Crippen LogP contribution in [0.25, 0.3) is 0 Å². The van der Waals surface area contributed by atoms with Gasteiger partial charge in [0.2, 0.25) is 0 Å². The van der Waals surface area contributed by atoms with Gasteiger partial charge in [-0.25, -0.2) is 0 Å². The van der Waals surface area contributed by atoms with Crippen molar-refractivity contribution in [2.45, 2.75) is 71.6 Å². The molecular weight excluding hydrogens is 438 g/mol. The number of rotatable bonds is 11. The predicted molar refractivity (Wildman–Crippen MR) is 144 cm³/mol. The second-order valence-electron chi connectivity index (χ2n) is 10.6. The Morgan fingerprint density at radius 3 is 1.94 bits per heavy atom. The third kappa shape index (κ3) is 5.63. The molecule has 0 bridgehead atoms. The zero-order valence-corrected chi connectivity index (χ0v) is 22.5. The minimum Gasteiger partial charge on any atom is -0.394 e. The Balaban J connectivity index is 2.12. The third-order valence-corrected chi connectivity index (χ3v) is 8.03. The van der Waals surface area contributed by atoms with Gasteiger partial charge in [0, 0.05) is 0 Å². The fourth-order valence-electron chi connectivity index (χ4n) is 4.76. The second-order valence-corrected chi connectivity index (χ2v) is 11.4. The van der Waals surface area contributed by atoms with E-state index < -0.39 is 11.1 Å². The average molecular weight is 480 g/mol. The molecule has 3 aromatic rings. The summed E-state index contributed by atoms with van der Waals surface area (Å²) in [6, 6.07) is 23.4. The minimum atomic E-state index is -0.619. The lowest BCUT2D eigenvalue weighted by Gasteiger charge is -2.50. The molecule has 3 rings (SSSR count). The predicted octanol–water partition coefficient (Wildman–Crippen LogP) is 7.80. The molecule has 0 saturated carbocycles. The number of hydrogen-bond acceptors (Lipinski definition) is 4. The summed E-state index contributed by atoms with van der Waals surface area (Å²) >= 11 is 1.70. The van der Waals surface area contributed by atoms with Crippen molar-refractivity contribution in [3.63, 3.8) is 0 Å². The van der Waals surface area contributed by atoms with E-state index in [1.54, 1.807) is 11.3 Å². The smallest absolute Gasteiger partial charge is 0.115 e. The topological polar surface area (TPSA) is 32.7 Å². The first-order chi connectivity index (χ1) is 16.1. The summed E-state index contributed by atoms with van der Waals surface area (Å²) in [5.74, 6) is 0.719. The van der Waals surface area contributed by atoms with Crippen LogP contribution in [0.4, 0.5) is 0 Å². The summed E-state index contributed by atoms with van der Waals surface area (Å²) in [5, 5.41) is 16.9. The summed E-state index contributed by atoms with van der Waals surface area (Å²) in [6.07, 6.45) is 0. The molecule has 4 atom stereocenters. The van der Waals surface area contributed by atoms with E-state index in [-0.39, 0.29) is 24.5 Å². The molecule has 0 aliphatic carbocycles. The number of aliphatic hydroxyl groups excluding tert-OH is 1. The fraction of sp³-hybridized carbons (Fsp3) is 0.467. The SMILES string of the molecule is CC(C)C(c1ccsc1)N(OC(C)(c1ccccc1)C(C)C(C)c1ccccc1)C(C)(C)CO. The number of nitrogens with zero attached hydrogens (tertiary/aromatic N) is 1. The van der Waals surface area contributed by atoms with Crippen LogP contribution in [0.1, 0.15) is 77.1 Å². The lowest BCUT2D eigenvalue weighted by molar-refractivity contribution is -0.331. The summed E-state index contributed by atoms with van der Waals surface area (Å²) in [4.78, 5) is 7.21. The van der Waals surface area contributed by atoms with Crippen molar-refractivity contribution in [3.05, 3.63) is 94.2 Å². The van der Waals surface area contributed by atoms with Crippen molar-refractivity contribution in [2.24, 2.45) is 11.8 Å². The van der Waals surface area contributed by atoms with E-state index in [2.05, 4.69) is 125 Å². The van der Waals surface area contributed by atoms with Crippen LogP contribution in [0.2, 0.25) is 0 Å². The first-order valence-corrected chi connectivity index (χ1v) is 13.3. The summed E-state index contributed by atoms with van der Waals surface area (Å²) in [5.41, 5.74) is 2.46. The molecule has 0 aliphatic heterocycles. The Bertz CT molecular complexity index is 987. The molecule has 0 amide bonds. The van der Waals surface area contributed by atoms with Gasteiger partial charge in [0.15, 0.2) is 0 Å². The van der Waals surface area contributed by atoms with Gasteiger partial charge in [-0.1, -0.05) is 88.4 Å². The number of hydrogen-bond donors (Lipinski definition) is 1. The monoisotopic (exact) mass is 479 g/mol. The van der Waals surface area contributed by atoms with Crippen LogP contribution < -0.4 is 0 Å². The number of benzene rings is 2. The molecule has 1 heterocycles. The normalized spacial score (nSPS) is 16.9. The van der Waals surface area contributed by atoms with Crippen molar-refractivity contribution >= 4 is 11.3 Å². The molecule has 0 saturated heterocycles. The van der Waals surface area contributed by atoms with Crippen LogP contribution in [-0.2, 0) is 10.4 Å². The lowest BCUT2D eigenvalue weighted by atomic mass is 9.74. The zero-order valence-electron chi connectivity index (χ0n) is 21.7. The molecule has 0 fully saturated rings. The second kappa shape index (κ2) is 11.2. The van der Waals surface area contributed by atoms with E-state index in [1.165, 1.54) is 11.1 Å². The van der Waals surface area contributed by atoms with Gasteiger partial charge in [-0.3, -0.25) is 4.84 Å². The van der Waals surface area contributed by atoms with Gasteiger partial charge < -0.3 is 5.11 Å². The van der Waals surface area contributed by atoms with Crippen LogP contribution in [-0.4, -0.2) is 22.3 Å². The van der Waals surface area contributed by atoms with E-state index in [4.69, 9.17) is 4.84 Å². The molecule has 0 spiro atoms. The number of aliphatic hydroxyl groups is 1. The molecule has 3 nitrogen and oxygen atoms in total. The Labute approximate surface area is 210 Å². The van der Waals surface area contributed by atoms with E-state index in [1.807, 2.05) is 6.07 Å². The average Bonchev–Trinajstić information content (AvgIpc) is 3.37. The molecule has 34 heavy (non-hydrogen) atoms. The highest BCUT2D eigenvalue weighted by Crippen LogP contribution is 2.46. The van der Waals surface area contributed by atoms with E-state index in [9.17, 15) is 5.11 Å². The van der Waals surface area contributed by atoms with Gasteiger partial charge >= 0.3 is 0 Å². The van der Waals surface area contributed by atoms with Gasteiger partial charge in [0.25, 0.3) is 0 Å². The summed E-state index contributed by atoms with van der Waals surface area (Å²) < 4.78 is 0. The minimum absolute atomic E-state index is 0.00610. The van der Waals surface area contributed by atoms with Crippen molar-refractivity contribution < 1.29 is 9.94 Å². The van der Waals surface area contributed by atoms with Crippen molar-refractivity contribution in [2.75, 3.05) is 6.61 Å². The maximum absolute atomic E-state index is 10.5. The van der Waals surface area contributed by atoms with E-state index in [0.717, 1.165) is 5.56 Å². The first-order valence-electron chi connectivity index (χ1n) is 12.3. The van der Waals surface area contributed by atoms with Gasteiger partial charge in [-0.15, -0.1) is 0 Å². The van der Waals surface area contributed by atoms with Gasteiger partial charge in [-0.05, 0) is 72.0 Å². The summed E-state index contributed by atoms with van der Waals surface area (Å²) in [6.45, 7) is 15.3. The number of thiophene rings is 1. The molecule has 4 unspecified atom stereocenters. The molecule has 4 heteroatoms. The van der Waals surface area contributed by atoms with Gasteiger partial charge in [-0.2, -0.15) is 16.4 Å². The fourth-order valence-corrected chi connectivity index (χ4v) is 5.44. The molecule has 184 valence electrons. The van der Waals surface area contributed by atoms with Crippen LogP contribution >= 0.6 is 11.3 Å².